The van der Waals surface area contributed by atoms with Gasteiger partial charge < -0.3 is 18.8 Å². The van der Waals surface area contributed by atoms with Crippen LogP contribution in [0.4, 0.5) is 0 Å². The number of aryl methyl sites for hydroxylation is 1. The zero-order chi connectivity index (χ0) is 21.7. The van der Waals surface area contributed by atoms with E-state index >= 15 is 0 Å². The highest BCUT2D eigenvalue weighted by atomic mass is 16.5. The standard InChI is InChI=1S/C24H25NO5/c1-16-12-20(17(2)25(16)19-8-6-5-7-9-19)21(26)15-30-24(27)14-18-10-11-22(28-3)23(13-18)29-4/h5-13H,14-15H2,1-4H3. The molecule has 0 fully saturated rings. The Kier molecular flexibility index (Phi) is 6.57. The first-order valence-electron chi connectivity index (χ1n) is 9.58. The van der Waals surface area contributed by atoms with Crippen LogP contribution in [0, 0.1) is 13.8 Å². The lowest BCUT2D eigenvalue weighted by Crippen LogP contribution is -2.16. The largest absolute Gasteiger partial charge is 0.493 e. The molecule has 0 spiro atoms. The maximum Gasteiger partial charge on any atom is 0.310 e. The zero-order valence-electron chi connectivity index (χ0n) is 17.6. The molecule has 0 aliphatic carbocycles. The summed E-state index contributed by atoms with van der Waals surface area (Å²) < 4.78 is 17.7. The van der Waals surface area contributed by atoms with Crippen molar-refractivity contribution >= 4 is 11.8 Å². The molecule has 0 aliphatic heterocycles. The molecule has 30 heavy (non-hydrogen) atoms. The SMILES string of the molecule is COc1ccc(CC(=O)OCC(=O)c2cc(C)n(-c3ccccc3)c2C)cc1OC. The van der Waals surface area contributed by atoms with Crippen molar-refractivity contribution in [2.24, 2.45) is 0 Å². The molecule has 0 unspecified atom stereocenters. The van der Waals surface area contributed by atoms with Gasteiger partial charge >= 0.3 is 5.97 Å². The van der Waals surface area contributed by atoms with Crippen molar-refractivity contribution in [2.45, 2.75) is 20.3 Å². The van der Waals surface area contributed by atoms with E-state index < -0.39 is 5.97 Å². The average Bonchev–Trinajstić information content (AvgIpc) is 3.06. The van der Waals surface area contributed by atoms with Crippen LogP contribution in [0.15, 0.2) is 54.6 Å². The first-order valence-corrected chi connectivity index (χ1v) is 9.58. The number of carbonyl (C=O) groups is 2. The number of ether oxygens (including phenoxy) is 3. The molecule has 3 rings (SSSR count). The summed E-state index contributed by atoms with van der Waals surface area (Å²) in [5, 5.41) is 0. The number of nitrogens with zero attached hydrogens (tertiary/aromatic N) is 1. The van der Waals surface area contributed by atoms with Crippen molar-refractivity contribution < 1.29 is 23.8 Å². The molecule has 0 N–H and O–H groups in total. The molecule has 3 aromatic rings. The molecule has 0 aliphatic rings. The molecular formula is C24H25NO5. The monoisotopic (exact) mass is 407 g/mol. The molecule has 6 heteroatoms. The lowest BCUT2D eigenvalue weighted by atomic mass is 10.1. The van der Waals surface area contributed by atoms with E-state index in [0.717, 1.165) is 17.1 Å². The molecule has 0 saturated carbocycles. The molecule has 1 aromatic heterocycles. The topological polar surface area (TPSA) is 66.8 Å². The molecule has 0 atom stereocenters. The summed E-state index contributed by atoms with van der Waals surface area (Å²) in [6.45, 7) is 3.53. The fraction of sp³-hybridized carbons (Fsp3) is 0.250. The van der Waals surface area contributed by atoms with E-state index in [-0.39, 0.29) is 18.8 Å². The molecule has 0 bridgehead atoms. The molecule has 6 nitrogen and oxygen atoms in total. The van der Waals surface area contributed by atoms with E-state index in [1.54, 1.807) is 25.3 Å². The highest BCUT2D eigenvalue weighted by Crippen LogP contribution is 2.28. The van der Waals surface area contributed by atoms with Crippen LogP contribution in [0.2, 0.25) is 0 Å². The lowest BCUT2D eigenvalue weighted by Gasteiger charge is -2.10. The fourth-order valence-electron chi connectivity index (χ4n) is 3.45. The number of para-hydroxylation sites is 1. The quantitative estimate of drug-likeness (QED) is 0.416. The van der Waals surface area contributed by atoms with E-state index in [0.29, 0.717) is 22.6 Å². The minimum absolute atomic E-state index is 0.0384. The predicted molar refractivity (Wildman–Crippen MR) is 114 cm³/mol. The van der Waals surface area contributed by atoms with Gasteiger partial charge in [-0.2, -0.15) is 0 Å². The van der Waals surface area contributed by atoms with E-state index in [4.69, 9.17) is 14.2 Å². The summed E-state index contributed by atoms with van der Waals surface area (Å²) in [4.78, 5) is 24.9. The predicted octanol–water partition coefficient (Wildman–Crippen LogP) is 4.08. The van der Waals surface area contributed by atoms with Gasteiger partial charge in [-0.1, -0.05) is 24.3 Å². The van der Waals surface area contributed by atoms with Crippen molar-refractivity contribution in [3.8, 4) is 17.2 Å². The Morgan fingerprint density at radius 1 is 0.900 bits per heavy atom. The van der Waals surface area contributed by atoms with Gasteiger partial charge in [0.2, 0.25) is 5.78 Å². The van der Waals surface area contributed by atoms with Gasteiger partial charge in [0.1, 0.15) is 0 Å². The van der Waals surface area contributed by atoms with Gasteiger partial charge in [-0.25, -0.2) is 0 Å². The van der Waals surface area contributed by atoms with Gasteiger partial charge in [0.25, 0.3) is 0 Å². The van der Waals surface area contributed by atoms with E-state index in [9.17, 15) is 9.59 Å². The number of Topliss-reactive ketones (excluding diaryl/α,β-unsaturated/α-hetero) is 1. The highest BCUT2D eigenvalue weighted by Gasteiger charge is 2.18. The number of rotatable bonds is 8. The Morgan fingerprint density at radius 3 is 2.27 bits per heavy atom. The maximum absolute atomic E-state index is 12.7. The van der Waals surface area contributed by atoms with Crippen LogP contribution in [0.1, 0.15) is 27.3 Å². The van der Waals surface area contributed by atoms with E-state index in [2.05, 4.69) is 0 Å². The molecule has 0 radical (unpaired) electrons. The summed E-state index contributed by atoms with van der Waals surface area (Å²) in [6, 6.07) is 16.8. The van der Waals surface area contributed by atoms with Gasteiger partial charge in [-0.05, 0) is 49.7 Å². The minimum Gasteiger partial charge on any atom is -0.493 e. The lowest BCUT2D eigenvalue weighted by molar-refractivity contribution is -0.141. The van der Waals surface area contributed by atoms with Gasteiger partial charge in [0, 0.05) is 22.6 Å². The van der Waals surface area contributed by atoms with Crippen molar-refractivity contribution in [2.75, 3.05) is 20.8 Å². The Bertz CT molecular complexity index is 1050. The number of ketones is 1. The van der Waals surface area contributed by atoms with Crippen LogP contribution < -0.4 is 9.47 Å². The molecule has 156 valence electrons. The van der Waals surface area contributed by atoms with Crippen molar-refractivity contribution in [1.82, 2.24) is 4.57 Å². The third-order valence-electron chi connectivity index (χ3n) is 4.91. The number of hydrogen-bond acceptors (Lipinski definition) is 5. The van der Waals surface area contributed by atoms with Crippen molar-refractivity contribution in [3.63, 3.8) is 0 Å². The minimum atomic E-state index is -0.479. The Hall–Kier alpha value is -3.54. The van der Waals surface area contributed by atoms with E-state index in [1.165, 1.54) is 7.11 Å². The first kappa shape index (κ1) is 21.2. The second-order valence-electron chi connectivity index (χ2n) is 6.91. The number of hydrogen-bond donors (Lipinski definition) is 0. The number of carbonyl (C=O) groups excluding carboxylic acids is 2. The second-order valence-corrected chi connectivity index (χ2v) is 6.91. The van der Waals surface area contributed by atoms with Crippen LogP contribution in [0.5, 0.6) is 11.5 Å². The Balaban J connectivity index is 1.65. The second kappa shape index (κ2) is 9.31. The van der Waals surface area contributed by atoms with Gasteiger partial charge in [-0.15, -0.1) is 0 Å². The summed E-state index contributed by atoms with van der Waals surface area (Å²) in [5.74, 6) is 0.407. The maximum atomic E-state index is 12.7. The highest BCUT2D eigenvalue weighted by molar-refractivity contribution is 5.99. The van der Waals surface area contributed by atoms with Gasteiger partial charge in [0.05, 0.1) is 20.6 Å². The van der Waals surface area contributed by atoms with Crippen LogP contribution >= 0.6 is 0 Å². The summed E-state index contributed by atoms with van der Waals surface area (Å²) in [7, 11) is 3.08. The Morgan fingerprint density at radius 2 is 1.60 bits per heavy atom. The van der Waals surface area contributed by atoms with Crippen molar-refractivity contribution in [3.05, 3.63) is 77.1 Å². The number of esters is 1. The van der Waals surface area contributed by atoms with Crippen molar-refractivity contribution in [1.29, 1.82) is 0 Å². The molecule has 2 aromatic carbocycles. The van der Waals surface area contributed by atoms with Crippen LogP contribution in [0.3, 0.4) is 0 Å². The van der Waals surface area contributed by atoms with E-state index in [1.807, 2.05) is 54.8 Å². The third-order valence-corrected chi connectivity index (χ3v) is 4.91. The zero-order valence-corrected chi connectivity index (χ0v) is 17.6. The summed E-state index contributed by atoms with van der Waals surface area (Å²) in [5.41, 5.74) is 4.01. The number of benzene rings is 2. The summed E-state index contributed by atoms with van der Waals surface area (Å²) in [6.07, 6.45) is 0.0384. The fourth-order valence-corrected chi connectivity index (χ4v) is 3.45. The average molecular weight is 407 g/mol. The van der Waals surface area contributed by atoms with Gasteiger partial charge in [-0.3, -0.25) is 9.59 Å². The summed E-state index contributed by atoms with van der Waals surface area (Å²) >= 11 is 0. The Labute approximate surface area is 176 Å². The van der Waals surface area contributed by atoms with Crippen LogP contribution in [-0.4, -0.2) is 37.1 Å². The number of aromatic nitrogens is 1. The number of methoxy groups -OCH3 is 2. The molecule has 0 amide bonds. The normalized spacial score (nSPS) is 10.5. The molecular weight excluding hydrogens is 382 g/mol. The third kappa shape index (κ3) is 4.54. The molecule has 0 saturated heterocycles. The van der Waals surface area contributed by atoms with Crippen LogP contribution in [-0.2, 0) is 16.0 Å². The first-order chi connectivity index (χ1) is 14.4. The van der Waals surface area contributed by atoms with Gasteiger partial charge in [0.15, 0.2) is 18.1 Å². The van der Waals surface area contributed by atoms with Crippen LogP contribution in [0.25, 0.3) is 5.69 Å². The smallest absolute Gasteiger partial charge is 0.310 e. The molecule has 1 heterocycles.